The molecule has 1 aromatic carbocycles. The highest BCUT2D eigenvalue weighted by Gasteiger charge is 2.35. The number of nitrogens with zero attached hydrogens (tertiary/aromatic N) is 1. The van der Waals surface area contributed by atoms with Crippen LogP contribution in [-0.4, -0.2) is 24.0 Å². The summed E-state index contributed by atoms with van der Waals surface area (Å²) in [6, 6.07) is 6.09. The molecule has 0 aromatic heterocycles. The second kappa shape index (κ2) is 5.51. The summed E-state index contributed by atoms with van der Waals surface area (Å²) >= 11 is 0. The third-order valence-electron chi connectivity index (χ3n) is 3.82. The third kappa shape index (κ3) is 3.28. The molecule has 2 unspecified atom stereocenters. The predicted molar refractivity (Wildman–Crippen MR) is 68.5 cm³/mol. The van der Waals surface area contributed by atoms with E-state index in [1.165, 1.54) is 6.07 Å². The van der Waals surface area contributed by atoms with Gasteiger partial charge in [-0.2, -0.15) is 13.2 Å². The van der Waals surface area contributed by atoms with Crippen molar-refractivity contribution in [1.29, 1.82) is 0 Å². The van der Waals surface area contributed by atoms with Gasteiger partial charge in [0, 0.05) is 19.1 Å². The Balaban J connectivity index is 2.16. The van der Waals surface area contributed by atoms with E-state index in [2.05, 4.69) is 4.90 Å². The largest absolute Gasteiger partial charge is 0.416 e. The Kier molecular flexibility index (Phi) is 4.16. The summed E-state index contributed by atoms with van der Waals surface area (Å²) in [6.45, 7) is 3.77. The second-order valence-electron chi connectivity index (χ2n) is 5.27. The van der Waals surface area contributed by atoms with Crippen LogP contribution >= 0.6 is 0 Å². The molecule has 5 heteroatoms. The highest BCUT2D eigenvalue weighted by molar-refractivity contribution is 5.29. The van der Waals surface area contributed by atoms with Crippen molar-refractivity contribution < 1.29 is 13.2 Å². The van der Waals surface area contributed by atoms with Gasteiger partial charge in [0.15, 0.2) is 0 Å². The summed E-state index contributed by atoms with van der Waals surface area (Å²) < 4.78 is 38.8. The molecular weight excluding hydrogens is 253 g/mol. The number of halogens is 3. The van der Waals surface area contributed by atoms with Gasteiger partial charge in [0.05, 0.1) is 5.56 Å². The number of alkyl halides is 3. The molecule has 0 aliphatic carbocycles. The lowest BCUT2D eigenvalue weighted by Gasteiger charge is -2.23. The van der Waals surface area contributed by atoms with Crippen LogP contribution < -0.4 is 5.73 Å². The van der Waals surface area contributed by atoms with Crippen molar-refractivity contribution in [1.82, 2.24) is 4.90 Å². The van der Waals surface area contributed by atoms with Crippen LogP contribution in [0.5, 0.6) is 0 Å². The highest BCUT2D eigenvalue weighted by atomic mass is 19.4. The smallest absolute Gasteiger partial charge is 0.330 e. The number of rotatable bonds is 3. The van der Waals surface area contributed by atoms with Crippen LogP contribution in [-0.2, 0) is 12.7 Å². The zero-order valence-corrected chi connectivity index (χ0v) is 11.0. The summed E-state index contributed by atoms with van der Waals surface area (Å²) in [7, 11) is 0. The Morgan fingerprint density at radius 1 is 1.32 bits per heavy atom. The maximum atomic E-state index is 12.9. The van der Waals surface area contributed by atoms with Crippen molar-refractivity contribution in [3.8, 4) is 0 Å². The Labute approximate surface area is 111 Å². The Bertz CT molecular complexity index is 431. The van der Waals surface area contributed by atoms with Crippen molar-refractivity contribution >= 4 is 0 Å². The topological polar surface area (TPSA) is 29.3 Å². The van der Waals surface area contributed by atoms with Crippen LogP contribution in [0.25, 0.3) is 0 Å². The van der Waals surface area contributed by atoms with E-state index >= 15 is 0 Å². The average Bonchev–Trinajstić information content (AvgIpc) is 2.70. The van der Waals surface area contributed by atoms with Crippen LogP contribution in [0.3, 0.4) is 0 Å². The third-order valence-corrected chi connectivity index (χ3v) is 3.82. The van der Waals surface area contributed by atoms with Crippen molar-refractivity contribution in [2.24, 2.45) is 11.7 Å². The summed E-state index contributed by atoms with van der Waals surface area (Å²) in [6.07, 6.45) is -3.32. The first-order chi connectivity index (χ1) is 8.91. The molecule has 0 bridgehead atoms. The van der Waals surface area contributed by atoms with E-state index in [1.54, 1.807) is 12.1 Å². The Morgan fingerprint density at radius 2 is 2.00 bits per heavy atom. The molecule has 2 nitrogen and oxygen atoms in total. The van der Waals surface area contributed by atoms with E-state index in [1.807, 2.05) is 6.92 Å². The van der Waals surface area contributed by atoms with E-state index in [0.717, 1.165) is 19.0 Å². The van der Waals surface area contributed by atoms with Crippen molar-refractivity contribution in [3.63, 3.8) is 0 Å². The van der Waals surface area contributed by atoms with Gasteiger partial charge in [-0.3, -0.25) is 4.90 Å². The Hall–Kier alpha value is -1.07. The quantitative estimate of drug-likeness (QED) is 0.916. The maximum absolute atomic E-state index is 12.9. The zero-order valence-electron chi connectivity index (χ0n) is 11.0. The zero-order chi connectivity index (χ0) is 14.0. The molecule has 1 saturated heterocycles. The van der Waals surface area contributed by atoms with E-state index in [-0.39, 0.29) is 6.04 Å². The Morgan fingerprint density at radius 3 is 2.58 bits per heavy atom. The second-order valence-corrected chi connectivity index (χ2v) is 5.27. The van der Waals surface area contributed by atoms with Gasteiger partial charge in [-0.05, 0) is 37.4 Å². The first-order valence-corrected chi connectivity index (χ1v) is 6.51. The van der Waals surface area contributed by atoms with E-state index < -0.39 is 11.7 Å². The number of likely N-dealkylation sites (tertiary alicyclic amines) is 1. The molecule has 19 heavy (non-hydrogen) atoms. The lowest BCUT2D eigenvalue weighted by Crippen LogP contribution is -2.28. The fourth-order valence-electron chi connectivity index (χ4n) is 2.76. The average molecular weight is 272 g/mol. The molecule has 2 atom stereocenters. The molecule has 1 aliphatic rings. The normalized spacial score (nSPS) is 24.9. The van der Waals surface area contributed by atoms with Crippen LogP contribution in [0.15, 0.2) is 24.3 Å². The van der Waals surface area contributed by atoms with Gasteiger partial charge in [-0.15, -0.1) is 0 Å². The van der Waals surface area contributed by atoms with Gasteiger partial charge >= 0.3 is 6.18 Å². The van der Waals surface area contributed by atoms with Crippen molar-refractivity contribution in [2.75, 3.05) is 13.1 Å². The fraction of sp³-hybridized carbons (Fsp3) is 0.571. The van der Waals surface area contributed by atoms with Gasteiger partial charge in [0.25, 0.3) is 0 Å². The molecule has 0 spiro atoms. The van der Waals surface area contributed by atoms with Crippen LogP contribution in [0.4, 0.5) is 13.2 Å². The number of benzene rings is 1. The number of hydrogen-bond acceptors (Lipinski definition) is 2. The first-order valence-electron chi connectivity index (χ1n) is 6.51. The summed E-state index contributed by atoms with van der Waals surface area (Å²) in [5.41, 5.74) is 5.46. The fourth-order valence-corrected chi connectivity index (χ4v) is 2.76. The van der Waals surface area contributed by atoms with E-state index in [9.17, 15) is 13.2 Å². The van der Waals surface area contributed by atoms with Crippen molar-refractivity contribution in [3.05, 3.63) is 35.4 Å². The molecule has 1 fully saturated rings. The van der Waals surface area contributed by atoms with Gasteiger partial charge in [-0.25, -0.2) is 0 Å². The lowest BCUT2D eigenvalue weighted by molar-refractivity contribution is -0.138. The summed E-state index contributed by atoms with van der Waals surface area (Å²) in [5, 5.41) is 0. The van der Waals surface area contributed by atoms with Gasteiger partial charge in [0.1, 0.15) is 0 Å². The van der Waals surface area contributed by atoms with Gasteiger partial charge < -0.3 is 5.73 Å². The molecule has 2 N–H and O–H groups in total. The summed E-state index contributed by atoms with van der Waals surface area (Å²) in [4.78, 5) is 2.09. The molecular formula is C14H19F3N2. The summed E-state index contributed by atoms with van der Waals surface area (Å²) in [5.74, 6) is 0.396. The highest BCUT2D eigenvalue weighted by Crippen LogP contribution is 2.33. The van der Waals surface area contributed by atoms with Gasteiger partial charge in [-0.1, -0.05) is 18.2 Å². The minimum atomic E-state index is -4.28. The molecule has 1 aromatic rings. The first kappa shape index (κ1) is 14.3. The van der Waals surface area contributed by atoms with Crippen LogP contribution in [0, 0.1) is 5.92 Å². The van der Waals surface area contributed by atoms with E-state index in [0.29, 0.717) is 24.6 Å². The molecule has 0 saturated carbocycles. The number of nitrogens with two attached hydrogens (primary N) is 1. The SMILES string of the molecule is CC1CC(CN)CN1Cc1ccccc1C(F)(F)F. The maximum Gasteiger partial charge on any atom is 0.416 e. The molecule has 1 aliphatic heterocycles. The molecule has 0 amide bonds. The van der Waals surface area contributed by atoms with Crippen LogP contribution in [0.2, 0.25) is 0 Å². The van der Waals surface area contributed by atoms with E-state index in [4.69, 9.17) is 5.73 Å². The molecule has 2 rings (SSSR count). The molecule has 0 radical (unpaired) electrons. The predicted octanol–water partition coefficient (Wildman–Crippen LogP) is 2.87. The minimum Gasteiger partial charge on any atom is -0.330 e. The minimum absolute atomic E-state index is 0.287. The molecule has 1 heterocycles. The van der Waals surface area contributed by atoms with Crippen LogP contribution in [0.1, 0.15) is 24.5 Å². The monoisotopic (exact) mass is 272 g/mol. The standard InChI is InChI=1S/C14H19F3N2/c1-10-6-11(7-18)8-19(10)9-12-4-2-3-5-13(12)14(15,16)17/h2-5,10-11H,6-9,18H2,1H3. The molecule has 106 valence electrons. The van der Waals surface area contributed by atoms with Gasteiger partial charge in [0.2, 0.25) is 0 Å². The number of hydrogen-bond donors (Lipinski definition) is 1. The van der Waals surface area contributed by atoms with Crippen molar-refractivity contribution in [2.45, 2.75) is 32.1 Å². The lowest BCUT2D eigenvalue weighted by atomic mass is 10.1.